The molecule has 0 aliphatic carbocycles. The number of ether oxygens (including phenoxy) is 1. The van der Waals surface area contributed by atoms with Gasteiger partial charge in [0.2, 0.25) is 0 Å². The first-order chi connectivity index (χ1) is 14.4. The first-order valence-electron chi connectivity index (χ1n) is 10.2. The molecule has 2 N–H and O–H groups in total. The Morgan fingerprint density at radius 3 is 2.40 bits per heavy atom. The normalized spacial score (nSPS) is 16.2. The van der Waals surface area contributed by atoms with Gasteiger partial charge >= 0.3 is 0 Å². The predicted octanol–water partition coefficient (Wildman–Crippen LogP) is 3.13. The monoisotopic (exact) mass is 407 g/mol. The lowest BCUT2D eigenvalue weighted by Gasteiger charge is -2.15. The summed E-state index contributed by atoms with van der Waals surface area (Å²) >= 11 is 0. The van der Waals surface area contributed by atoms with Crippen LogP contribution in [0.25, 0.3) is 6.08 Å². The molecule has 1 heterocycles. The Labute approximate surface area is 177 Å². The SMILES string of the molecule is Cc1ccc(C(=O)N/C(=C/c2ccc(N(C)C)cc2)C(=O)NCC2CCCO2)cc1. The summed E-state index contributed by atoms with van der Waals surface area (Å²) < 4.78 is 5.57. The van der Waals surface area contributed by atoms with Crippen molar-refractivity contribution in [1.82, 2.24) is 10.6 Å². The number of aryl methyl sites for hydroxylation is 1. The van der Waals surface area contributed by atoms with Crippen LogP contribution >= 0.6 is 0 Å². The van der Waals surface area contributed by atoms with E-state index in [0.29, 0.717) is 12.1 Å². The number of benzene rings is 2. The van der Waals surface area contributed by atoms with E-state index in [9.17, 15) is 9.59 Å². The van der Waals surface area contributed by atoms with Crippen molar-refractivity contribution in [2.24, 2.45) is 0 Å². The zero-order valence-corrected chi connectivity index (χ0v) is 17.8. The average Bonchev–Trinajstić information content (AvgIpc) is 3.26. The Hall–Kier alpha value is -3.12. The molecule has 0 bridgehead atoms. The Morgan fingerprint density at radius 1 is 1.10 bits per heavy atom. The van der Waals surface area contributed by atoms with Gasteiger partial charge in [-0.2, -0.15) is 0 Å². The number of nitrogens with one attached hydrogen (secondary N) is 2. The lowest BCUT2D eigenvalue weighted by Crippen LogP contribution is -2.38. The zero-order chi connectivity index (χ0) is 21.5. The van der Waals surface area contributed by atoms with Crippen molar-refractivity contribution in [2.45, 2.75) is 25.9 Å². The summed E-state index contributed by atoms with van der Waals surface area (Å²) in [5.41, 5.74) is 3.66. The van der Waals surface area contributed by atoms with E-state index in [1.807, 2.05) is 62.3 Å². The Morgan fingerprint density at radius 2 is 1.80 bits per heavy atom. The standard InChI is InChI=1S/C24H29N3O3/c1-17-6-10-19(11-7-17)23(28)26-22(24(29)25-16-21-5-4-14-30-21)15-18-8-12-20(13-9-18)27(2)3/h6-13,15,21H,4-5,14,16H2,1-3H3,(H,25,29)(H,26,28)/b22-15+. The van der Waals surface area contributed by atoms with Crippen LogP contribution in [0.4, 0.5) is 5.69 Å². The van der Waals surface area contributed by atoms with Crippen molar-refractivity contribution in [3.05, 3.63) is 70.9 Å². The van der Waals surface area contributed by atoms with Crippen molar-refractivity contribution in [3.8, 4) is 0 Å². The number of nitrogens with zero attached hydrogens (tertiary/aromatic N) is 1. The summed E-state index contributed by atoms with van der Waals surface area (Å²) in [6.07, 6.45) is 3.66. The molecule has 0 saturated carbocycles. The zero-order valence-electron chi connectivity index (χ0n) is 17.8. The van der Waals surface area contributed by atoms with Crippen molar-refractivity contribution < 1.29 is 14.3 Å². The Bertz CT molecular complexity index is 896. The fraction of sp³-hybridized carbons (Fsp3) is 0.333. The van der Waals surface area contributed by atoms with E-state index in [2.05, 4.69) is 10.6 Å². The molecule has 158 valence electrons. The number of hydrogen-bond donors (Lipinski definition) is 2. The van der Waals surface area contributed by atoms with Crippen LogP contribution in [0.5, 0.6) is 0 Å². The van der Waals surface area contributed by atoms with Crippen molar-refractivity contribution in [1.29, 1.82) is 0 Å². The summed E-state index contributed by atoms with van der Waals surface area (Å²) in [5, 5.41) is 5.66. The molecule has 1 unspecified atom stereocenters. The maximum atomic E-state index is 12.8. The molecule has 1 aliphatic rings. The van der Waals surface area contributed by atoms with Gasteiger partial charge in [-0.05, 0) is 55.7 Å². The highest BCUT2D eigenvalue weighted by Crippen LogP contribution is 2.15. The number of carbonyl (C=O) groups is 2. The predicted molar refractivity (Wildman–Crippen MR) is 119 cm³/mol. The van der Waals surface area contributed by atoms with E-state index >= 15 is 0 Å². The minimum atomic E-state index is -0.331. The van der Waals surface area contributed by atoms with E-state index in [1.165, 1.54) is 0 Å². The molecule has 0 spiro atoms. The van der Waals surface area contributed by atoms with Crippen LogP contribution in [0.1, 0.15) is 34.3 Å². The highest BCUT2D eigenvalue weighted by molar-refractivity contribution is 6.05. The van der Waals surface area contributed by atoms with E-state index in [4.69, 9.17) is 4.74 Å². The molecule has 1 atom stereocenters. The molecule has 6 heteroatoms. The van der Waals surface area contributed by atoms with Gasteiger partial charge in [0, 0.05) is 38.5 Å². The third-order valence-electron chi connectivity index (χ3n) is 5.04. The fourth-order valence-electron chi connectivity index (χ4n) is 3.20. The second-order valence-electron chi connectivity index (χ2n) is 7.71. The lowest BCUT2D eigenvalue weighted by atomic mass is 10.1. The molecule has 1 fully saturated rings. The molecule has 2 amide bonds. The summed E-state index contributed by atoms with van der Waals surface area (Å²) in [7, 11) is 3.94. The van der Waals surface area contributed by atoms with Crippen LogP contribution in [-0.4, -0.2) is 45.2 Å². The van der Waals surface area contributed by atoms with Crippen LogP contribution < -0.4 is 15.5 Å². The molecular formula is C24H29N3O3. The minimum absolute atomic E-state index is 0.0300. The largest absolute Gasteiger partial charge is 0.378 e. The average molecular weight is 408 g/mol. The quantitative estimate of drug-likeness (QED) is 0.692. The molecule has 6 nitrogen and oxygen atoms in total. The third kappa shape index (κ3) is 5.94. The number of amides is 2. The van der Waals surface area contributed by atoms with E-state index in [-0.39, 0.29) is 23.6 Å². The van der Waals surface area contributed by atoms with Gasteiger partial charge in [0.25, 0.3) is 11.8 Å². The van der Waals surface area contributed by atoms with Crippen LogP contribution in [0, 0.1) is 6.92 Å². The number of carbonyl (C=O) groups excluding carboxylic acids is 2. The fourth-order valence-corrected chi connectivity index (χ4v) is 3.20. The third-order valence-corrected chi connectivity index (χ3v) is 5.04. The van der Waals surface area contributed by atoms with Crippen LogP contribution in [-0.2, 0) is 9.53 Å². The van der Waals surface area contributed by atoms with Crippen molar-refractivity contribution >= 4 is 23.6 Å². The van der Waals surface area contributed by atoms with Crippen LogP contribution in [0.2, 0.25) is 0 Å². The number of anilines is 1. The second-order valence-corrected chi connectivity index (χ2v) is 7.71. The highest BCUT2D eigenvalue weighted by Gasteiger charge is 2.19. The molecule has 30 heavy (non-hydrogen) atoms. The molecule has 0 radical (unpaired) electrons. The molecule has 1 saturated heterocycles. The van der Waals surface area contributed by atoms with Crippen LogP contribution in [0.15, 0.2) is 54.2 Å². The Kier molecular flexibility index (Phi) is 7.25. The van der Waals surface area contributed by atoms with Gasteiger partial charge in [-0.15, -0.1) is 0 Å². The van der Waals surface area contributed by atoms with Gasteiger partial charge in [-0.3, -0.25) is 9.59 Å². The van der Waals surface area contributed by atoms with Crippen molar-refractivity contribution in [3.63, 3.8) is 0 Å². The van der Waals surface area contributed by atoms with E-state index in [0.717, 1.165) is 36.3 Å². The highest BCUT2D eigenvalue weighted by atomic mass is 16.5. The van der Waals surface area contributed by atoms with Gasteiger partial charge in [-0.25, -0.2) is 0 Å². The van der Waals surface area contributed by atoms with E-state index < -0.39 is 0 Å². The van der Waals surface area contributed by atoms with E-state index in [1.54, 1.807) is 18.2 Å². The molecular weight excluding hydrogens is 378 g/mol. The summed E-state index contributed by atoms with van der Waals surface area (Å²) in [4.78, 5) is 27.5. The topological polar surface area (TPSA) is 70.7 Å². The minimum Gasteiger partial charge on any atom is -0.378 e. The van der Waals surface area contributed by atoms with Crippen LogP contribution in [0.3, 0.4) is 0 Å². The summed E-state index contributed by atoms with van der Waals surface area (Å²) in [6.45, 7) is 3.12. The van der Waals surface area contributed by atoms with Gasteiger partial charge in [0.1, 0.15) is 5.70 Å². The molecule has 0 aromatic heterocycles. The summed E-state index contributed by atoms with van der Waals surface area (Å²) in [5.74, 6) is -0.652. The Balaban J connectivity index is 1.78. The van der Waals surface area contributed by atoms with Gasteiger partial charge in [-0.1, -0.05) is 29.8 Å². The molecule has 1 aliphatic heterocycles. The first-order valence-corrected chi connectivity index (χ1v) is 10.2. The molecule has 2 aromatic carbocycles. The maximum Gasteiger partial charge on any atom is 0.267 e. The lowest BCUT2D eigenvalue weighted by molar-refractivity contribution is -0.118. The van der Waals surface area contributed by atoms with Gasteiger partial charge in [0.15, 0.2) is 0 Å². The smallest absolute Gasteiger partial charge is 0.267 e. The summed E-state index contributed by atoms with van der Waals surface area (Å²) in [6, 6.07) is 15.0. The molecule has 2 aromatic rings. The maximum absolute atomic E-state index is 12.8. The van der Waals surface area contributed by atoms with Gasteiger partial charge in [0.05, 0.1) is 6.10 Å². The first kappa shape index (κ1) is 21.6. The number of rotatable bonds is 7. The van der Waals surface area contributed by atoms with Gasteiger partial charge < -0.3 is 20.3 Å². The molecule has 3 rings (SSSR count). The number of hydrogen-bond acceptors (Lipinski definition) is 4. The second kappa shape index (κ2) is 10.1. The van der Waals surface area contributed by atoms with Crippen molar-refractivity contribution in [2.75, 3.05) is 32.1 Å².